The summed E-state index contributed by atoms with van der Waals surface area (Å²) in [6.07, 6.45) is 5.73. The van der Waals surface area contributed by atoms with Gasteiger partial charge in [-0.15, -0.1) is 0 Å². The van der Waals surface area contributed by atoms with E-state index in [0.717, 1.165) is 43.4 Å². The van der Waals surface area contributed by atoms with Crippen molar-refractivity contribution < 1.29 is 9.36 Å². The lowest BCUT2D eigenvalue weighted by atomic mass is 9.85. The van der Waals surface area contributed by atoms with Crippen molar-refractivity contribution in [2.24, 2.45) is 5.16 Å². The molecule has 1 aliphatic heterocycles. The third kappa shape index (κ3) is 3.43. The summed E-state index contributed by atoms with van der Waals surface area (Å²) in [5.74, 6) is 2.11. The number of oxime groups is 1. The summed E-state index contributed by atoms with van der Waals surface area (Å²) in [6, 6.07) is 0. The Morgan fingerprint density at radius 1 is 1.29 bits per heavy atom. The molecule has 0 spiro atoms. The Kier molecular flexibility index (Phi) is 4.53. The first-order chi connectivity index (χ1) is 10.3. The van der Waals surface area contributed by atoms with E-state index in [-0.39, 0.29) is 6.10 Å². The van der Waals surface area contributed by atoms with Crippen molar-refractivity contribution in [3.05, 3.63) is 11.7 Å². The van der Waals surface area contributed by atoms with Gasteiger partial charge in [0.2, 0.25) is 5.89 Å². The number of nitrogens with zero attached hydrogens (tertiary/aromatic N) is 4. The van der Waals surface area contributed by atoms with Crippen molar-refractivity contribution >= 4 is 5.71 Å². The molecule has 6 nitrogen and oxygen atoms in total. The summed E-state index contributed by atoms with van der Waals surface area (Å²) in [6.45, 7) is 6.77. The molecule has 0 radical (unpaired) electrons. The van der Waals surface area contributed by atoms with Crippen LogP contribution in [0.25, 0.3) is 0 Å². The maximum atomic E-state index is 5.48. The first kappa shape index (κ1) is 14.5. The van der Waals surface area contributed by atoms with Crippen LogP contribution < -0.4 is 0 Å². The summed E-state index contributed by atoms with van der Waals surface area (Å²) in [5, 5.41) is 8.23. The fraction of sp³-hybridized carbons (Fsp3) is 0.800. The second-order valence-corrected chi connectivity index (χ2v) is 5.95. The highest BCUT2D eigenvalue weighted by atomic mass is 16.6. The second kappa shape index (κ2) is 6.56. The van der Waals surface area contributed by atoms with Gasteiger partial charge < -0.3 is 9.36 Å². The van der Waals surface area contributed by atoms with Crippen molar-refractivity contribution in [2.75, 3.05) is 13.1 Å². The minimum absolute atomic E-state index is 0.165. The van der Waals surface area contributed by atoms with E-state index in [2.05, 4.69) is 34.0 Å². The lowest BCUT2D eigenvalue weighted by Crippen LogP contribution is -2.32. The Hall–Kier alpha value is -1.43. The summed E-state index contributed by atoms with van der Waals surface area (Å²) in [5.41, 5.74) is 1.16. The highest BCUT2D eigenvalue weighted by Gasteiger charge is 2.26. The lowest BCUT2D eigenvalue weighted by molar-refractivity contribution is 0.0510. The van der Waals surface area contributed by atoms with E-state index in [1.54, 1.807) is 0 Å². The number of likely N-dealkylation sites (N-methyl/N-ethyl adjacent to an activating group) is 1. The smallest absolute Gasteiger partial charge is 0.229 e. The molecule has 0 bridgehead atoms. The van der Waals surface area contributed by atoms with Gasteiger partial charge in [-0.25, -0.2) is 0 Å². The standard InChI is InChI=1S/C15H24N4O2/c1-3-12-8-13(20-17-12)9-19(4-2)10-14-16-15(21-18-14)11-6-5-7-11/h11,13H,3-10H2,1-2H3/t13-/m0/s1. The van der Waals surface area contributed by atoms with Crippen molar-refractivity contribution in [3.63, 3.8) is 0 Å². The van der Waals surface area contributed by atoms with Crippen molar-refractivity contribution in [3.8, 4) is 0 Å². The van der Waals surface area contributed by atoms with Gasteiger partial charge in [0.1, 0.15) is 6.10 Å². The third-order valence-corrected chi connectivity index (χ3v) is 4.41. The van der Waals surface area contributed by atoms with Gasteiger partial charge in [-0.3, -0.25) is 4.90 Å². The predicted molar refractivity (Wildman–Crippen MR) is 79.1 cm³/mol. The molecule has 0 unspecified atom stereocenters. The summed E-state index contributed by atoms with van der Waals surface area (Å²) in [7, 11) is 0. The van der Waals surface area contributed by atoms with Gasteiger partial charge in [0, 0.05) is 18.9 Å². The minimum Gasteiger partial charge on any atom is -0.391 e. The molecule has 1 aromatic heterocycles. The fourth-order valence-corrected chi connectivity index (χ4v) is 2.74. The maximum absolute atomic E-state index is 5.48. The number of hydrogen-bond acceptors (Lipinski definition) is 6. The van der Waals surface area contributed by atoms with E-state index in [9.17, 15) is 0 Å². The van der Waals surface area contributed by atoms with Gasteiger partial charge in [0.05, 0.1) is 12.3 Å². The molecular formula is C15H24N4O2. The quantitative estimate of drug-likeness (QED) is 0.773. The Balaban J connectivity index is 1.51. The molecular weight excluding hydrogens is 268 g/mol. The number of rotatable bonds is 7. The van der Waals surface area contributed by atoms with Crippen LogP contribution in [0.4, 0.5) is 0 Å². The Morgan fingerprint density at radius 2 is 2.14 bits per heavy atom. The van der Waals surface area contributed by atoms with Crippen LogP contribution in [0, 0.1) is 0 Å². The third-order valence-electron chi connectivity index (χ3n) is 4.41. The molecule has 1 saturated carbocycles. The molecule has 1 fully saturated rings. The summed E-state index contributed by atoms with van der Waals surface area (Å²) >= 11 is 0. The van der Waals surface area contributed by atoms with Crippen LogP contribution in [-0.4, -0.2) is 39.9 Å². The molecule has 0 aromatic carbocycles. The van der Waals surface area contributed by atoms with Crippen molar-refractivity contribution in [1.29, 1.82) is 0 Å². The highest BCUT2D eigenvalue weighted by Crippen LogP contribution is 2.35. The molecule has 1 aliphatic carbocycles. The first-order valence-electron chi connectivity index (χ1n) is 8.04. The molecule has 3 rings (SSSR count). The van der Waals surface area contributed by atoms with Gasteiger partial charge in [-0.05, 0) is 25.8 Å². The Bertz CT molecular complexity index is 496. The molecule has 6 heteroatoms. The molecule has 0 N–H and O–H groups in total. The molecule has 1 atom stereocenters. The normalized spacial score (nSPS) is 22.2. The van der Waals surface area contributed by atoms with Crippen molar-refractivity contribution in [2.45, 2.75) is 64.5 Å². The molecule has 2 heterocycles. The molecule has 1 aromatic rings. The average molecular weight is 292 g/mol. The SMILES string of the molecule is CCC1=NO[C@H](CN(CC)Cc2noc(C3CCC3)n2)C1. The molecule has 116 valence electrons. The summed E-state index contributed by atoms with van der Waals surface area (Å²) < 4.78 is 5.38. The second-order valence-electron chi connectivity index (χ2n) is 5.95. The predicted octanol–water partition coefficient (Wildman–Crippen LogP) is 2.71. The monoisotopic (exact) mass is 292 g/mol. The maximum Gasteiger partial charge on any atom is 0.229 e. The first-order valence-corrected chi connectivity index (χ1v) is 8.04. The van der Waals surface area contributed by atoms with Gasteiger partial charge in [0.15, 0.2) is 5.82 Å². The average Bonchev–Trinajstić information content (AvgIpc) is 3.06. The van der Waals surface area contributed by atoms with E-state index >= 15 is 0 Å². The zero-order valence-corrected chi connectivity index (χ0v) is 12.9. The van der Waals surface area contributed by atoms with E-state index in [1.165, 1.54) is 19.3 Å². The van der Waals surface area contributed by atoms with E-state index in [4.69, 9.17) is 9.36 Å². The Labute approximate surface area is 125 Å². The van der Waals surface area contributed by atoms with E-state index in [0.29, 0.717) is 12.5 Å². The molecule has 2 aliphatic rings. The largest absolute Gasteiger partial charge is 0.391 e. The Morgan fingerprint density at radius 3 is 2.76 bits per heavy atom. The van der Waals surface area contributed by atoms with Crippen LogP contribution in [0.3, 0.4) is 0 Å². The van der Waals surface area contributed by atoms with Gasteiger partial charge in [0.25, 0.3) is 0 Å². The van der Waals surface area contributed by atoms with E-state index < -0.39 is 0 Å². The minimum atomic E-state index is 0.165. The van der Waals surface area contributed by atoms with Crippen molar-refractivity contribution in [1.82, 2.24) is 15.0 Å². The zero-order chi connectivity index (χ0) is 14.7. The topological polar surface area (TPSA) is 63.8 Å². The van der Waals surface area contributed by atoms with Crippen LogP contribution in [0.15, 0.2) is 9.68 Å². The van der Waals surface area contributed by atoms with Crippen LogP contribution in [0.5, 0.6) is 0 Å². The fourth-order valence-electron chi connectivity index (χ4n) is 2.74. The van der Waals surface area contributed by atoms with Crippen LogP contribution >= 0.6 is 0 Å². The van der Waals surface area contributed by atoms with Crippen LogP contribution in [0.1, 0.15) is 63.6 Å². The van der Waals surface area contributed by atoms with Gasteiger partial charge >= 0.3 is 0 Å². The van der Waals surface area contributed by atoms with Crippen LogP contribution in [-0.2, 0) is 11.4 Å². The highest BCUT2D eigenvalue weighted by molar-refractivity contribution is 5.85. The zero-order valence-electron chi connectivity index (χ0n) is 12.9. The summed E-state index contributed by atoms with van der Waals surface area (Å²) in [4.78, 5) is 12.3. The number of hydrogen-bond donors (Lipinski definition) is 0. The molecule has 21 heavy (non-hydrogen) atoms. The van der Waals surface area contributed by atoms with Crippen LogP contribution in [0.2, 0.25) is 0 Å². The lowest BCUT2D eigenvalue weighted by Gasteiger charge is -2.21. The van der Waals surface area contributed by atoms with Gasteiger partial charge in [-0.2, -0.15) is 4.98 Å². The number of aromatic nitrogens is 2. The molecule has 0 saturated heterocycles. The van der Waals surface area contributed by atoms with E-state index in [1.807, 2.05) is 0 Å². The van der Waals surface area contributed by atoms with Gasteiger partial charge in [-0.1, -0.05) is 30.6 Å². The molecule has 0 amide bonds.